The van der Waals surface area contributed by atoms with E-state index < -0.39 is 35.7 Å². The SMILES string of the molecule is COC(=O)[C@@]1(O)C[C@@H](C)O[C@H]1O[C@@H]1C[C@@H]2CC[C@@H]3[C@H](CC[C@]4(C)[C@@H](C5=CC(=O)OC5)CC[C@]34O)[C@H]2C[C@H]1O. The van der Waals surface area contributed by atoms with Crippen molar-refractivity contribution in [2.75, 3.05) is 13.7 Å². The standard InChI is InChI=1S/C29H42O9/c1-15-13-28(33,25(32)35-3)26(37-15)38-23-10-16-4-5-21-18(19(16)12-22(23)30)6-8-27(2)20(7-9-29(21,27)34)17-11-24(31)36-14-17/h11,15-16,18-23,26,30,33-34H,4-10,12-14H2,1-3H3/t15-,16+,18-,19+,20-,21-,22-,23-,26+,27-,28+,29+/m1/s1. The molecule has 0 radical (unpaired) electrons. The first kappa shape index (κ1) is 26.7. The maximum atomic E-state index is 12.3. The summed E-state index contributed by atoms with van der Waals surface area (Å²) >= 11 is 0. The van der Waals surface area contributed by atoms with Gasteiger partial charge in [-0.3, -0.25) is 0 Å². The lowest BCUT2D eigenvalue weighted by Crippen LogP contribution is -2.61. The number of methoxy groups -OCH3 is 1. The second-order valence-corrected chi connectivity index (χ2v) is 13.2. The van der Waals surface area contributed by atoms with E-state index >= 15 is 0 Å². The van der Waals surface area contributed by atoms with Gasteiger partial charge in [-0.15, -0.1) is 0 Å². The highest BCUT2D eigenvalue weighted by Crippen LogP contribution is 2.67. The van der Waals surface area contributed by atoms with Crippen LogP contribution in [0.3, 0.4) is 0 Å². The quantitative estimate of drug-likeness (QED) is 0.465. The van der Waals surface area contributed by atoms with Gasteiger partial charge in [0.2, 0.25) is 5.60 Å². The van der Waals surface area contributed by atoms with E-state index in [-0.39, 0.29) is 41.7 Å². The predicted octanol–water partition coefficient (Wildman–Crippen LogP) is 2.25. The Balaban J connectivity index is 1.17. The van der Waals surface area contributed by atoms with Crippen molar-refractivity contribution in [3.63, 3.8) is 0 Å². The minimum Gasteiger partial charge on any atom is -0.467 e. The van der Waals surface area contributed by atoms with E-state index in [2.05, 4.69) is 6.92 Å². The molecule has 38 heavy (non-hydrogen) atoms. The minimum atomic E-state index is -1.89. The Kier molecular flexibility index (Phi) is 6.51. The first-order chi connectivity index (χ1) is 18.0. The average Bonchev–Trinajstić information content (AvgIpc) is 3.52. The Bertz CT molecular complexity index is 1010. The van der Waals surface area contributed by atoms with Gasteiger partial charge in [-0.2, -0.15) is 0 Å². The van der Waals surface area contributed by atoms with Crippen LogP contribution < -0.4 is 0 Å². The predicted molar refractivity (Wildman–Crippen MR) is 133 cm³/mol. The summed E-state index contributed by atoms with van der Waals surface area (Å²) < 4.78 is 21.9. The van der Waals surface area contributed by atoms with Crippen molar-refractivity contribution in [1.82, 2.24) is 0 Å². The Morgan fingerprint density at radius 2 is 1.89 bits per heavy atom. The molecule has 9 heteroatoms. The minimum absolute atomic E-state index is 0.0818. The van der Waals surface area contributed by atoms with Gasteiger partial charge in [-0.25, -0.2) is 9.59 Å². The molecule has 1 saturated heterocycles. The molecule has 6 rings (SSSR count). The molecule has 0 aromatic rings. The fourth-order valence-corrected chi connectivity index (χ4v) is 9.66. The first-order valence-electron chi connectivity index (χ1n) is 14.4. The molecule has 0 amide bonds. The van der Waals surface area contributed by atoms with Gasteiger partial charge in [0.25, 0.3) is 0 Å². The van der Waals surface area contributed by atoms with Crippen LogP contribution in [0.15, 0.2) is 11.6 Å². The Labute approximate surface area is 223 Å². The number of carbonyl (C=O) groups excluding carboxylic acids is 2. The van der Waals surface area contributed by atoms with E-state index in [0.29, 0.717) is 31.3 Å². The average molecular weight is 535 g/mol. The Morgan fingerprint density at radius 3 is 2.61 bits per heavy atom. The van der Waals surface area contributed by atoms with Gasteiger partial charge < -0.3 is 34.3 Å². The summed E-state index contributed by atoms with van der Waals surface area (Å²) in [5.74, 6) is 0.218. The molecule has 0 unspecified atom stereocenters. The van der Waals surface area contributed by atoms with Crippen LogP contribution in [-0.2, 0) is 28.5 Å². The van der Waals surface area contributed by atoms with E-state index in [9.17, 15) is 24.9 Å². The van der Waals surface area contributed by atoms with Gasteiger partial charge in [-0.1, -0.05) is 6.92 Å². The highest BCUT2D eigenvalue weighted by Gasteiger charge is 2.66. The maximum Gasteiger partial charge on any atom is 0.343 e. The molecule has 4 saturated carbocycles. The molecule has 6 aliphatic rings. The number of carbonyl (C=O) groups is 2. The van der Waals surface area contributed by atoms with Crippen LogP contribution >= 0.6 is 0 Å². The van der Waals surface area contributed by atoms with Crippen LogP contribution in [0.2, 0.25) is 0 Å². The molecule has 0 aromatic heterocycles. The second-order valence-electron chi connectivity index (χ2n) is 13.2. The molecule has 3 N–H and O–H groups in total. The second kappa shape index (κ2) is 9.26. The van der Waals surface area contributed by atoms with Crippen LogP contribution in [0, 0.1) is 35.0 Å². The third-order valence-corrected chi connectivity index (χ3v) is 11.5. The fourth-order valence-electron chi connectivity index (χ4n) is 9.66. The van der Waals surface area contributed by atoms with E-state index in [1.807, 2.05) is 0 Å². The topological polar surface area (TPSA) is 132 Å². The van der Waals surface area contributed by atoms with Gasteiger partial charge in [0.1, 0.15) is 6.61 Å². The number of rotatable bonds is 4. The molecule has 212 valence electrons. The van der Waals surface area contributed by atoms with Gasteiger partial charge in [0.05, 0.1) is 31.0 Å². The van der Waals surface area contributed by atoms with Crippen molar-refractivity contribution >= 4 is 11.9 Å². The molecule has 0 spiro atoms. The molecule has 2 heterocycles. The maximum absolute atomic E-state index is 12.3. The zero-order valence-electron chi connectivity index (χ0n) is 22.6. The molecular weight excluding hydrogens is 492 g/mol. The van der Waals surface area contributed by atoms with Gasteiger partial charge in [0, 0.05) is 17.9 Å². The summed E-state index contributed by atoms with van der Waals surface area (Å²) in [5, 5.41) is 34.5. The van der Waals surface area contributed by atoms with Gasteiger partial charge in [0.15, 0.2) is 6.29 Å². The lowest BCUT2D eigenvalue weighted by molar-refractivity contribution is -0.254. The smallest absolute Gasteiger partial charge is 0.343 e. The highest BCUT2D eigenvalue weighted by atomic mass is 16.7. The molecule has 12 atom stereocenters. The normalized spacial score (nSPS) is 52.0. The summed E-state index contributed by atoms with van der Waals surface area (Å²) in [6, 6.07) is 0. The number of hydrogen-bond donors (Lipinski definition) is 3. The zero-order chi connectivity index (χ0) is 27.0. The van der Waals surface area contributed by atoms with E-state index in [1.165, 1.54) is 7.11 Å². The number of fused-ring (bicyclic) bond motifs is 5. The van der Waals surface area contributed by atoms with E-state index in [0.717, 1.165) is 44.1 Å². The van der Waals surface area contributed by atoms with Crippen LogP contribution in [0.4, 0.5) is 0 Å². The molecule has 4 aliphatic carbocycles. The summed E-state index contributed by atoms with van der Waals surface area (Å²) in [4.78, 5) is 24.1. The van der Waals surface area contributed by atoms with Crippen molar-refractivity contribution in [1.29, 1.82) is 0 Å². The van der Waals surface area contributed by atoms with Crippen molar-refractivity contribution in [3.8, 4) is 0 Å². The highest BCUT2D eigenvalue weighted by molar-refractivity contribution is 5.85. The monoisotopic (exact) mass is 534 g/mol. The number of aliphatic hydroxyl groups is 3. The lowest BCUT2D eigenvalue weighted by atomic mass is 9.47. The molecular formula is C29H42O9. The molecule has 0 aromatic carbocycles. The molecule has 5 fully saturated rings. The van der Waals surface area contributed by atoms with E-state index in [4.69, 9.17) is 18.9 Å². The number of hydrogen-bond acceptors (Lipinski definition) is 9. The number of aliphatic hydroxyl groups excluding tert-OH is 1. The van der Waals surface area contributed by atoms with Crippen molar-refractivity contribution < 1.29 is 43.9 Å². The summed E-state index contributed by atoms with van der Waals surface area (Å²) in [6.07, 6.45) is 5.43. The van der Waals surface area contributed by atoms with Crippen molar-refractivity contribution in [2.24, 2.45) is 35.0 Å². The van der Waals surface area contributed by atoms with Crippen molar-refractivity contribution in [3.05, 3.63) is 11.6 Å². The Hall–Kier alpha value is -1.52. The Morgan fingerprint density at radius 1 is 1.11 bits per heavy atom. The molecule has 9 nitrogen and oxygen atoms in total. The molecule has 2 aliphatic heterocycles. The largest absolute Gasteiger partial charge is 0.467 e. The van der Waals surface area contributed by atoms with Gasteiger partial charge in [-0.05, 0) is 93.5 Å². The fraction of sp³-hybridized carbons (Fsp3) is 0.862. The van der Waals surface area contributed by atoms with Crippen LogP contribution in [0.5, 0.6) is 0 Å². The number of cyclic esters (lactones) is 1. The van der Waals surface area contributed by atoms with Gasteiger partial charge >= 0.3 is 11.9 Å². The van der Waals surface area contributed by atoms with E-state index in [1.54, 1.807) is 13.0 Å². The summed E-state index contributed by atoms with van der Waals surface area (Å²) in [6.45, 7) is 4.33. The summed E-state index contributed by atoms with van der Waals surface area (Å²) in [7, 11) is 1.23. The van der Waals surface area contributed by atoms with Crippen molar-refractivity contribution in [2.45, 2.75) is 107 Å². The number of esters is 2. The molecule has 0 bridgehead atoms. The third-order valence-electron chi connectivity index (χ3n) is 11.5. The van der Waals surface area contributed by atoms with Crippen LogP contribution in [-0.4, -0.2) is 76.8 Å². The number of ether oxygens (including phenoxy) is 4. The zero-order valence-corrected chi connectivity index (χ0v) is 22.6. The third kappa shape index (κ3) is 3.83. The first-order valence-corrected chi connectivity index (χ1v) is 14.4. The van der Waals surface area contributed by atoms with Crippen LogP contribution in [0.25, 0.3) is 0 Å². The van der Waals surface area contributed by atoms with Crippen LogP contribution in [0.1, 0.15) is 71.6 Å². The summed E-state index contributed by atoms with van der Waals surface area (Å²) in [5.41, 5.74) is -1.93. The lowest BCUT2D eigenvalue weighted by Gasteiger charge is -2.60.